The molecule has 0 bridgehead atoms. The van der Waals surface area contributed by atoms with Crippen LogP contribution in [0, 0.1) is 0 Å². The molecule has 0 fully saturated rings. The zero-order valence-electron chi connectivity index (χ0n) is 11.0. The Hall–Kier alpha value is -2.41. The first-order valence-electron chi connectivity index (χ1n) is 6.07. The van der Waals surface area contributed by atoms with Crippen molar-refractivity contribution in [2.45, 2.75) is 6.18 Å². The number of halogens is 4. The van der Waals surface area contributed by atoms with Gasteiger partial charge in [0, 0.05) is 0 Å². The Morgan fingerprint density at radius 3 is 2.36 bits per heavy atom. The minimum Gasteiger partial charge on any atom is -0.397 e. The number of nitrogens with two attached hydrogens (primary N) is 1. The number of nitrogen functional groups attached to an aromatic ring is 1. The molecule has 0 saturated heterocycles. The van der Waals surface area contributed by atoms with Gasteiger partial charge in [0.05, 0.1) is 27.6 Å². The van der Waals surface area contributed by atoms with E-state index < -0.39 is 23.5 Å². The number of carbonyl (C=O) groups excluding carboxylic acids is 1. The average Bonchev–Trinajstić information content (AvgIpc) is 2.42. The molecule has 2 aromatic rings. The van der Waals surface area contributed by atoms with Crippen molar-refractivity contribution in [2.24, 2.45) is 0 Å². The lowest BCUT2D eigenvalue weighted by molar-refractivity contribution is -0.136. The minimum atomic E-state index is -4.64. The molecule has 0 heterocycles. The van der Waals surface area contributed by atoms with Crippen LogP contribution in [0.1, 0.15) is 5.56 Å². The van der Waals surface area contributed by atoms with E-state index in [0.717, 1.165) is 12.1 Å². The third-order valence-corrected chi connectivity index (χ3v) is 3.08. The van der Waals surface area contributed by atoms with Crippen LogP contribution < -0.4 is 16.4 Å². The number of benzene rings is 2. The summed E-state index contributed by atoms with van der Waals surface area (Å²) in [5.41, 5.74) is 4.66. The number of nitrogens with one attached hydrogen (secondary N) is 2. The first-order valence-corrected chi connectivity index (χ1v) is 6.45. The molecule has 4 N–H and O–H groups in total. The van der Waals surface area contributed by atoms with Gasteiger partial charge < -0.3 is 16.4 Å². The lowest BCUT2D eigenvalue weighted by Gasteiger charge is -2.16. The number of hydrogen-bond donors (Lipinski definition) is 3. The highest BCUT2D eigenvalue weighted by Gasteiger charge is 2.34. The maximum Gasteiger partial charge on any atom is 0.418 e. The van der Waals surface area contributed by atoms with Crippen molar-refractivity contribution >= 4 is 34.7 Å². The van der Waals surface area contributed by atoms with Gasteiger partial charge in [-0.05, 0) is 24.3 Å². The SMILES string of the molecule is Nc1ccccc1NC(=O)Nc1c(Cl)cccc1C(F)(F)F. The highest BCUT2D eigenvalue weighted by atomic mass is 35.5. The summed E-state index contributed by atoms with van der Waals surface area (Å²) in [6.45, 7) is 0. The van der Waals surface area contributed by atoms with Crippen molar-refractivity contribution < 1.29 is 18.0 Å². The molecule has 0 atom stereocenters. The summed E-state index contributed by atoms with van der Waals surface area (Å²) in [5, 5.41) is 4.25. The van der Waals surface area contributed by atoms with Gasteiger partial charge in [0.25, 0.3) is 0 Å². The molecule has 8 heteroatoms. The van der Waals surface area contributed by atoms with E-state index in [1.54, 1.807) is 18.2 Å². The third kappa shape index (κ3) is 3.62. The molecule has 2 rings (SSSR count). The minimum absolute atomic E-state index is 0.217. The second-order valence-corrected chi connectivity index (χ2v) is 4.73. The number of rotatable bonds is 2. The van der Waals surface area contributed by atoms with Crippen molar-refractivity contribution in [3.8, 4) is 0 Å². The Morgan fingerprint density at radius 2 is 1.73 bits per heavy atom. The molecule has 0 aliphatic carbocycles. The van der Waals surface area contributed by atoms with E-state index in [4.69, 9.17) is 17.3 Å². The van der Waals surface area contributed by atoms with Crippen LogP contribution >= 0.6 is 11.6 Å². The molecule has 116 valence electrons. The molecule has 22 heavy (non-hydrogen) atoms. The highest BCUT2D eigenvalue weighted by molar-refractivity contribution is 6.34. The molecule has 2 aromatic carbocycles. The molecule has 0 unspecified atom stereocenters. The predicted molar refractivity (Wildman–Crippen MR) is 79.9 cm³/mol. The Morgan fingerprint density at radius 1 is 1.05 bits per heavy atom. The van der Waals surface area contributed by atoms with E-state index in [0.29, 0.717) is 0 Å². The highest BCUT2D eigenvalue weighted by Crippen LogP contribution is 2.38. The molecule has 0 aromatic heterocycles. The van der Waals surface area contributed by atoms with E-state index in [9.17, 15) is 18.0 Å². The van der Waals surface area contributed by atoms with Gasteiger partial charge in [-0.25, -0.2) is 4.79 Å². The van der Waals surface area contributed by atoms with Crippen LogP contribution in [0.15, 0.2) is 42.5 Å². The zero-order valence-corrected chi connectivity index (χ0v) is 11.8. The Bertz CT molecular complexity index is 704. The largest absolute Gasteiger partial charge is 0.418 e. The summed E-state index contributed by atoms with van der Waals surface area (Å²) < 4.78 is 38.8. The summed E-state index contributed by atoms with van der Waals surface area (Å²) in [5.74, 6) is 0. The van der Waals surface area contributed by atoms with Crippen LogP contribution in [0.2, 0.25) is 5.02 Å². The fraction of sp³-hybridized carbons (Fsp3) is 0.0714. The van der Waals surface area contributed by atoms with Crippen molar-refractivity contribution in [1.29, 1.82) is 0 Å². The van der Waals surface area contributed by atoms with Crippen LogP contribution in [0.25, 0.3) is 0 Å². The average molecular weight is 330 g/mol. The normalized spacial score (nSPS) is 11.1. The van der Waals surface area contributed by atoms with Gasteiger partial charge in [0.15, 0.2) is 0 Å². The monoisotopic (exact) mass is 329 g/mol. The van der Waals surface area contributed by atoms with Crippen LogP contribution in [-0.4, -0.2) is 6.03 Å². The summed E-state index contributed by atoms with van der Waals surface area (Å²) in [4.78, 5) is 11.9. The Balaban J connectivity index is 2.24. The van der Waals surface area contributed by atoms with E-state index >= 15 is 0 Å². The lowest BCUT2D eigenvalue weighted by atomic mass is 10.1. The molecule has 0 aliphatic rings. The van der Waals surface area contributed by atoms with Gasteiger partial charge in [0.2, 0.25) is 0 Å². The van der Waals surface area contributed by atoms with Crippen molar-refractivity contribution in [3.63, 3.8) is 0 Å². The van der Waals surface area contributed by atoms with E-state index in [1.807, 2.05) is 0 Å². The molecule has 0 radical (unpaired) electrons. The fourth-order valence-electron chi connectivity index (χ4n) is 1.77. The molecule has 4 nitrogen and oxygen atoms in total. The van der Waals surface area contributed by atoms with Gasteiger partial charge in [-0.3, -0.25) is 0 Å². The molecule has 0 spiro atoms. The van der Waals surface area contributed by atoms with Crippen molar-refractivity contribution in [1.82, 2.24) is 0 Å². The van der Waals surface area contributed by atoms with Gasteiger partial charge in [-0.15, -0.1) is 0 Å². The Kier molecular flexibility index (Phi) is 4.46. The number of hydrogen-bond acceptors (Lipinski definition) is 2. The smallest absolute Gasteiger partial charge is 0.397 e. The molecular formula is C14H11ClF3N3O. The van der Waals surface area contributed by atoms with Crippen LogP contribution in [0.3, 0.4) is 0 Å². The summed E-state index contributed by atoms with van der Waals surface area (Å²) in [7, 11) is 0. The second-order valence-electron chi connectivity index (χ2n) is 4.33. The molecular weight excluding hydrogens is 319 g/mol. The number of alkyl halides is 3. The predicted octanol–water partition coefficient (Wildman–Crippen LogP) is 4.59. The summed E-state index contributed by atoms with van der Waals surface area (Å²) in [6.07, 6.45) is -4.64. The molecule has 0 aliphatic heterocycles. The number of anilines is 3. The van der Waals surface area contributed by atoms with Crippen LogP contribution in [0.4, 0.5) is 35.0 Å². The quantitative estimate of drug-likeness (QED) is 0.706. The van der Waals surface area contributed by atoms with Crippen molar-refractivity contribution in [2.75, 3.05) is 16.4 Å². The first-order chi connectivity index (χ1) is 10.3. The van der Waals surface area contributed by atoms with Gasteiger partial charge in [-0.2, -0.15) is 13.2 Å². The third-order valence-electron chi connectivity index (χ3n) is 2.77. The van der Waals surface area contributed by atoms with Gasteiger partial charge in [0.1, 0.15) is 0 Å². The first kappa shape index (κ1) is 16.0. The summed E-state index contributed by atoms with van der Waals surface area (Å²) in [6, 6.07) is 8.72. The fourth-order valence-corrected chi connectivity index (χ4v) is 1.99. The molecule has 2 amide bonds. The molecule has 0 saturated carbocycles. The van der Waals surface area contributed by atoms with E-state index in [1.165, 1.54) is 12.1 Å². The van der Waals surface area contributed by atoms with E-state index in [2.05, 4.69) is 10.6 Å². The van der Waals surface area contributed by atoms with Gasteiger partial charge >= 0.3 is 12.2 Å². The zero-order chi connectivity index (χ0) is 16.3. The lowest BCUT2D eigenvalue weighted by Crippen LogP contribution is -2.22. The maximum absolute atomic E-state index is 12.9. The van der Waals surface area contributed by atoms with Crippen LogP contribution in [-0.2, 0) is 6.18 Å². The number of carbonyl (C=O) groups is 1. The number of urea groups is 1. The van der Waals surface area contributed by atoms with Crippen LogP contribution in [0.5, 0.6) is 0 Å². The maximum atomic E-state index is 12.9. The number of amides is 2. The summed E-state index contributed by atoms with van der Waals surface area (Å²) >= 11 is 5.75. The Labute approximate surface area is 129 Å². The van der Waals surface area contributed by atoms with Gasteiger partial charge in [-0.1, -0.05) is 29.8 Å². The van der Waals surface area contributed by atoms with Crippen molar-refractivity contribution in [3.05, 3.63) is 53.1 Å². The standard InChI is InChI=1S/C14H11ClF3N3O/c15-9-5-3-4-8(14(16,17)18)12(9)21-13(22)20-11-7-2-1-6-10(11)19/h1-7H,19H2,(H2,20,21,22). The number of para-hydroxylation sites is 3. The van der Waals surface area contributed by atoms with E-state index in [-0.39, 0.29) is 16.4 Å². The topological polar surface area (TPSA) is 67.1 Å². The second kappa shape index (κ2) is 6.15.